The molecular weight excluding hydrogens is 420 g/mol. The maximum atomic E-state index is 12.6. The molecule has 1 saturated carbocycles. The standard InChI is InChI=1S/C22H21ClN4O2S/c23-16-3-10-20-21(11-12-25-22(20)13-16)26-17-4-6-18(7-5-17)27-30(28,29)19-8-1-15(14-24)2-9-19/h1-3,8-13,17-18,27H,4-7H2,(H,25,26)/t17-,18+. The van der Waals surface area contributed by atoms with E-state index in [4.69, 9.17) is 16.9 Å². The molecule has 0 bridgehead atoms. The summed E-state index contributed by atoms with van der Waals surface area (Å²) < 4.78 is 28.0. The number of benzene rings is 2. The van der Waals surface area contributed by atoms with Crippen LogP contribution in [-0.2, 0) is 10.0 Å². The molecule has 1 aliphatic rings. The molecule has 0 amide bonds. The van der Waals surface area contributed by atoms with Gasteiger partial charge >= 0.3 is 0 Å². The fourth-order valence-corrected chi connectivity index (χ4v) is 5.29. The molecule has 0 atom stereocenters. The number of aromatic nitrogens is 1. The van der Waals surface area contributed by atoms with E-state index in [1.54, 1.807) is 6.20 Å². The number of fused-ring (bicyclic) bond motifs is 1. The van der Waals surface area contributed by atoms with E-state index >= 15 is 0 Å². The summed E-state index contributed by atoms with van der Waals surface area (Å²) in [6.45, 7) is 0. The molecule has 6 nitrogen and oxygen atoms in total. The second kappa shape index (κ2) is 8.60. The Morgan fingerprint density at radius 2 is 1.70 bits per heavy atom. The van der Waals surface area contributed by atoms with Crippen molar-refractivity contribution in [3.8, 4) is 6.07 Å². The third-order valence-corrected chi connectivity index (χ3v) is 7.18. The molecule has 1 aliphatic carbocycles. The maximum absolute atomic E-state index is 12.6. The van der Waals surface area contributed by atoms with Crippen molar-refractivity contribution in [2.45, 2.75) is 42.7 Å². The van der Waals surface area contributed by atoms with E-state index in [-0.39, 0.29) is 17.0 Å². The number of rotatable bonds is 5. The van der Waals surface area contributed by atoms with Gasteiger partial charge < -0.3 is 5.32 Å². The SMILES string of the molecule is N#Cc1ccc(S(=O)(=O)N[C@H]2CC[C@@H](Nc3ccnc4cc(Cl)ccc34)CC2)cc1. The highest BCUT2D eigenvalue weighted by Gasteiger charge is 2.26. The quantitative estimate of drug-likeness (QED) is 0.610. The molecule has 154 valence electrons. The highest BCUT2D eigenvalue weighted by molar-refractivity contribution is 7.89. The molecule has 0 spiro atoms. The molecule has 30 heavy (non-hydrogen) atoms. The molecule has 2 N–H and O–H groups in total. The molecule has 1 aromatic heterocycles. The van der Waals surface area contributed by atoms with Gasteiger partial charge in [-0.25, -0.2) is 13.1 Å². The minimum atomic E-state index is -3.59. The lowest BCUT2D eigenvalue weighted by molar-refractivity contribution is 0.387. The number of hydrogen-bond donors (Lipinski definition) is 2. The van der Waals surface area contributed by atoms with Gasteiger partial charge in [0, 0.05) is 34.4 Å². The summed E-state index contributed by atoms with van der Waals surface area (Å²) in [5.41, 5.74) is 2.29. The van der Waals surface area contributed by atoms with E-state index in [1.165, 1.54) is 24.3 Å². The predicted octanol–water partition coefficient (Wildman–Crippen LogP) is 4.46. The summed E-state index contributed by atoms with van der Waals surface area (Å²) in [7, 11) is -3.59. The number of nitrogens with one attached hydrogen (secondary N) is 2. The Morgan fingerprint density at radius 3 is 2.40 bits per heavy atom. The first-order chi connectivity index (χ1) is 14.4. The summed E-state index contributed by atoms with van der Waals surface area (Å²) in [6.07, 6.45) is 4.98. The number of pyridine rings is 1. The molecule has 0 aliphatic heterocycles. The number of halogens is 1. The van der Waals surface area contributed by atoms with Crippen molar-refractivity contribution in [1.29, 1.82) is 5.26 Å². The average molecular weight is 441 g/mol. The normalized spacial score (nSPS) is 19.3. The van der Waals surface area contributed by atoms with E-state index in [0.717, 1.165) is 42.3 Å². The summed E-state index contributed by atoms with van der Waals surface area (Å²) in [6, 6.07) is 15.7. The van der Waals surface area contributed by atoms with Crippen LogP contribution in [0.15, 0.2) is 59.6 Å². The number of sulfonamides is 1. The molecule has 2 aromatic carbocycles. The van der Waals surface area contributed by atoms with Gasteiger partial charge in [-0.1, -0.05) is 11.6 Å². The summed E-state index contributed by atoms with van der Waals surface area (Å²) in [5.74, 6) is 0. The lowest BCUT2D eigenvalue weighted by Crippen LogP contribution is -2.40. The zero-order valence-electron chi connectivity index (χ0n) is 16.2. The van der Waals surface area contributed by atoms with Crippen LogP contribution in [-0.4, -0.2) is 25.5 Å². The van der Waals surface area contributed by atoms with Crippen LogP contribution in [0.25, 0.3) is 10.9 Å². The summed E-state index contributed by atoms with van der Waals surface area (Å²) >= 11 is 6.06. The molecule has 1 heterocycles. The van der Waals surface area contributed by atoms with Crippen molar-refractivity contribution in [2.75, 3.05) is 5.32 Å². The Hall–Kier alpha value is -2.66. The van der Waals surface area contributed by atoms with E-state index < -0.39 is 10.0 Å². The third-order valence-electron chi connectivity index (χ3n) is 5.41. The summed E-state index contributed by atoms with van der Waals surface area (Å²) in [4.78, 5) is 4.55. The smallest absolute Gasteiger partial charge is 0.240 e. The monoisotopic (exact) mass is 440 g/mol. The van der Waals surface area contributed by atoms with E-state index in [2.05, 4.69) is 15.0 Å². The van der Waals surface area contributed by atoms with Gasteiger partial charge in [0.1, 0.15) is 0 Å². The van der Waals surface area contributed by atoms with Gasteiger partial charge in [-0.3, -0.25) is 4.98 Å². The fourth-order valence-electron chi connectivity index (χ4n) is 3.82. The average Bonchev–Trinajstić information content (AvgIpc) is 2.75. The van der Waals surface area contributed by atoms with E-state index in [0.29, 0.717) is 10.6 Å². The predicted molar refractivity (Wildman–Crippen MR) is 118 cm³/mol. The second-order valence-corrected chi connectivity index (χ2v) is 9.62. The van der Waals surface area contributed by atoms with Gasteiger partial charge in [0.15, 0.2) is 0 Å². The zero-order valence-corrected chi connectivity index (χ0v) is 17.7. The number of anilines is 1. The number of nitriles is 1. The fraction of sp³-hybridized carbons (Fsp3) is 0.273. The van der Waals surface area contributed by atoms with Gasteiger partial charge in [0.2, 0.25) is 10.0 Å². The van der Waals surface area contributed by atoms with Crippen LogP contribution >= 0.6 is 11.6 Å². The third kappa shape index (κ3) is 4.57. The molecule has 8 heteroatoms. The molecule has 4 rings (SSSR count). The van der Waals surface area contributed by atoms with Crippen LogP contribution in [0.2, 0.25) is 5.02 Å². The van der Waals surface area contributed by atoms with Crippen LogP contribution in [0.5, 0.6) is 0 Å². The van der Waals surface area contributed by atoms with Gasteiger partial charge in [-0.05, 0) is 74.2 Å². The van der Waals surface area contributed by atoms with E-state index in [9.17, 15) is 8.42 Å². The minimum absolute atomic E-state index is 0.100. The van der Waals surface area contributed by atoms with Crippen LogP contribution in [0.3, 0.4) is 0 Å². The second-order valence-electron chi connectivity index (χ2n) is 7.47. The minimum Gasteiger partial charge on any atom is -0.382 e. The largest absolute Gasteiger partial charge is 0.382 e. The molecule has 0 radical (unpaired) electrons. The van der Waals surface area contributed by atoms with Crippen molar-refractivity contribution in [3.63, 3.8) is 0 Å². The van der Waals surface area contributed by atoms with Crippen LogP contribution in [0.1, 0.15) is 31.2 Å². The van der Waals surface area contributed by atoms with Gasteiger partial charge in [0.25, 0.3) is 0 Å². The topological polar surface area (TPSA) is 94.9 Å². The first kappa shape index (κ1) is 20.6. The Kier molecular flexibility index (Phi) is 5.91. The van der Waals surface area contributed by atoms with Crippen molar-refractivity contribution in [3.05, 3.63) is 65.3 Å². The molecular formula is C22H21ClN4O2S. The zero-order chi connectivity index (χ0) is 21.1. The Morgan fingerprint density at radius 1 is 1.00 bits per heavy atom. The first-order valence-electron chi connectivity index (χ1n) is 9.78. The Balaban J connectivity index is 1.38. The van der Waals surface area contributed by atoms with Crippen LogP contribution in [0, 0.1) is 11.3 Å². The van der Waals surface area contributed by atoms with Crippen molar-refractivity contribution < 1.29 is 8.42 Å². The van der Waals surface area contributed by atoms with Gasteiger partial charge in [-0.15, -0.1) is 0 Å². The number of hydrogen-bond acceptors (Lipinski definition) is 5. The van der Waals surface area contributed by atoms with Crippen molar-refractivity contribution >= 4 is 38.2 Å². The lowest BCUT2D eigenvalue weighted by Gasteiger charge is -2.30. The number of nitrogens with zero attached hydrogens (tertiary/aromatic N) is 2. The lowest BCUT2D eigenvalue weighted by atomic mass is 9.91. The summed E-state index contributed by atoms with van der Waals surface area (Å²) in [5, 5.41) is 14.1. The molecule has 1 fully saturated rings. The maximum Gasteiger partial charge on any atom is 0.240 e. The Labute approximate surface area is 180 Å². The molecule has 3 aromatic rings. The van der Waals surface area contributed by atoms with Crippen molar-refractivity contribution in [1.82, 2.24) is 9.71 Å². The first-order valence-corrected chi connectivity index (χ1v) is 11.6. The van der Waals surface area contributed by atoms with Gasteiger partial charge in [0.05, 0.1) is 22.0 Å². The molecule has 0 unspecified atom stereocenters. The Bertz CT molecular complexity index is 1200. The molecule has 0 saturated heterocycles. The van der Waals surface area contributed by atoms with Gasteiger partial charge in [-0.2, -0.15) is 5.26 Å². The van der Waals surface area contributed by atoms with Crippen molar-refractivity contribution in [2.24, 2.45) is 0 Å². The van der Waals surface area contributed by atoms with Crippen LogP contribution in [0.4, 0.5) is 5.69 Å². The van der Waals surface area contributed by atoms with Crippen LogP contribution < -0.4 is 10.0 Å². The van der Waals surface area contributed by atoms with E-state index in [1.807, 2.05) is 30.3 Å². The highest BCUT2D eigenvalue weighted by Crippen LogP contribution is 2.28. The highest BCUT2D eigenvalue weighted by atomic mass is 35.5.